The summed E-state index contributed by atoms with van der Waals surface area (Å²) in [6.45, 7) is 2.33. The molecule has 0 amide bonds. The Hall–Kier alpha value is -1.79. The second-order valence-corrected chi connectivity index (χ2v) is 6.52. The lowest BCUT2D eigenvalue weighted by atomic mass is 9.84. The first-order chi connectivity index (χ1) is 10.1. The highest BCUT2D eigenvalue weighted by atomic mass is 15.1. The third-order valence-corrected chi connectivity index (χ3v) is 5.25. The minimum Gasteiger partial charge on any atom is -0.361 e. The first kappa shape index (κ1) is 14.2. The number of benzene rings is 1. The van der Waals surface area contributed by atoms with Gasteiger partial charge in [-0.1, -0.05) is 6.42 Å². The molecule has 1 aromatic heterocycles. The summed E-state index contributed by atoms with van der Waals surface area (Å²) in [6, 6.07) is 8.79. The zero-order valence-electron chi connectivity index (χ0n) is 13.1. The van der Waals surface area contributed by atoms with Gasteiger partial charge < -0.3 is 9.88 Å². The van der Waals surface area contributed by atoms with Crippen molar-refractivity contribution < 1.29 is 0 Å². The average Bonchev–Trinajstić information content (AvgIpc) is 3.11. The van der Waals surface area contributed by atoms with Crippen LogP contribution in [0.4, 0.5) is 0 Å². The van der Waals surface area contributed by atoms with E-state index in [0.717, 1.165) is 11.1 Å². The predicted octanol–water partition coefficient (Wildman–Crippen LogP) is 3.87. The molecule has 1 saturated carbocycles. The summed E-state index contributed by atoms with van der Waals surface area (Å²) in [4.78, 5) is 5.71. The van der Waals surface area contributed by atoms with Crippen LogP contribution in [0.1, 0.15) is 43.2 Å². The SMILES string of the molecule is C[C@@H](C1CCCC1c1c[nH]c2ccc(C#N)cc12)N(C)C. The summed E-state index contributed by atoms with van der Waals surface area (Å²) in [5.74, 6) is 1.30. The van der Waals surface area contributed by atoms with Crippen LogP contribution in [0.3, 0.4) is 0 Å². The fourth-order valence-corrected chi connectivity index (χ4v) is 3.85. The molecule has 0 radical (unpaired) electrons. The number of H-pyrrole nitrogens is 1. The highest BCUT2D eigenvalue weighted by Crippen LogP contribution is 2.44. The van der Waals surface area contributed by atoms with E-state index in [1.54, 1.807) is 0 Å². The monoisotopic (exact) mass is 281 g/mol. The molecule has 1 aromatic carbocycles. The Morgan fingerprint density at radius 3 is 2.86 bits per heavy atom. The molecular weight excluding hydrogens is 258 g/mol. The first-order valence-electron chi connectivity index (χ1n) is 7.79. The number of hydrogen-bond acceptors (Lipinski definition) is 2. The Kier molecular flexibility index (Phi) is 3.73. The molecule has 1 aliphatic carbocycles. The second-order valence-electron chi connectivity index (χ2n) is 6.52. The molecule has 2 aromatic rings. The number of aromatic nitrogens is 1. The van der Waals surface area contributed by atoms with Crippen LogP contribution in [0, 0.1) is 17.2 Å². The minimum atomic E-state index is 0.585. The second kappa shape index (κ2) is 5.54. The van der Waals surface area contributed by atoms with Crippen molar-refractivity contribution in [3.63, 3.8) is 0 Å². The van der Waals surface area contributed by atoms with Crippen LogP contribution in [0.25, 0.3) is 10.9 Å². The van der Waals surface area contributed by atoms with E-state index >= 15 is 0 Å². The molecule has 0 spiro atoms. The molecule has 1 fully saturated rings. The third kappa shape index (κ3) is 2.45. The van der Waals surface area contributed by atoms with Gasteiger partial charge in [-0.2, -0.15) is 5.26 Å². The molecule has 1 N–H and O–H groups in total. The molecule has 0 saturated heterocycles. The summed E-state index contributed by atoms with van der Waals surface area (Å²) < 4.78 is 0. The van der Waals surface area contributed by atoms with Gasteiger partial charge in [0.15, 0.2) is 0 Å². The fraction of sp³-hybridized carbons (Fsp3) is 0.500. The highest BCUT2D eigenvalue weighted by molar-refractivity contribution is 5.85. The van der Waals surface area contributed by atoms with Crippen molar-refractivity contribution in [3.8, 4) is 6.07 Å². The maximum absolute atomic E-state index is 9.14. The van der Waals surface area contributed by atoms with E-state index in [2.05, 4.69) is 43.2 Å². The number of rotatable bonds is 3. The Morgan fingerprint density at radius 2 is 2.14 bits per heavy atom. The Labute approximate surface area is 126 Å². The van der Waals surface area contributed by atoms with Gasteiger partial charge in [-0.25, -0.2) is 0 Å². The van der Waals surface area contributed by atoms with Crippen molar-refractivity contribution in [2.45, 2.75) is 38.1 Å². The van der Waals surface area contributed by atoms with Crippen molar-refractivity contribution in [1.82, 2.24) is 9.88 Å². The summed E-state index contributed by atoms with van der Waals surface area (Å²) >= 11 is 0. The Balaban J connectivity index is 2.01. The third-order valence-electron chi connectivity index (χ3n) is 5.25. The molecule has 0 bridgehead atoms. The van der Waals surface area contributed by atoms with Crippen molar-refractivity contribution in [2.75, 3.05) is 14.1 Å². The molecule has 110 valence electrons. The number of aromatic amines is 1. The van der Waals surface area contributed by atoms with E-state index in [1.807, 2.05) is 18.2 Å². The van der Waals surface area contributed by atoms with E-state index in [1.165, 1.54) is 30.2 Å². The standard InChI is InChI=1S/C18H23N3/c1-12(21(2)3)14-5-4-6-15(14)17-11-20-18-8-7-13(10-19)9-16(17)18/h7-9,11-12,14-15,20H,4-6H2,1-3H3/t12-,14?,15?/m0/s1. The minimum absolute atomic E-state index is 0.585. The van der Waals surface area contributed by atoms with Crippen molar-refractivity contribution >= 4 is 10.9 Å². The van der Waals surface area contributed by atoms with Crippen LogP contribution in [0.15, 0.2) is 24.4 Å². The number of hydrogen-bond donors (Lipinski definition) is 1. The molecule has 3 rings (SSSR count). The zero-order chi connectivity index (χ0) is 15.0. The molecular formula is C18H23N3. The number of fused-ring (bicyclic) bond motifs is 1. The average molecular weight is 281 g/mol. The summed E-state index contributed by atoms with van der Waals surface area (Å²) in [6.07, 6.45) is 6.02. The van der Waals surface area contributed by atoms with Gasteiger partial charge in [0.1, 0.15) is 0 Å². The van der Waals surface area contributed by atoms with Crippen molar-refractivity contribution in [1.29, 1.82) is 5.26 Å². The first-order valence-corrected chi connectivity index (χ1v) is 7.79. The smallest absolute Gasteiger partial charge is 0.0991 e. The molecule has 1 aliphatic rings. The van der Waals surface area contributed by atoms with Crippen molar-refractivity contribution in [2.24, 2.45) is 5.92 Å². The van der Waals surface area contributed by atoms with Gasteiger partial charge >= 0.3 is 0 Å². The molecule has 3 atom stereocenters. The summed E-state index contributed by atoms with van der Waals surface area (Å²) in [5, 5.41) is 10.4. The maximum atomic E-state index is 9.14. The number of nitriles is 1. The summed E-state index contributed by atoms with van der Waals surface area (Å²) in [7, 11) is 4.34. The quantitative estimate of drug-likeness (QED) is 0.928. The molecule has 3 nitrogen and oxygen atoms in total. The molecule has 21 heavy (non-hydrogen) atoms. The molecule has 0 aliphatic heterocycles. The normalized spacial score (nSPS) is 23.6. The Morgan fingerprint density at radius 1 is 1.33 bits per heavy atom. The van der Waals surface area contributed by atoms with Crippen LogP contribution in [0.5, 0.6) is 0 Å². The Bertz CT molecular complexity index is 677. The fourth-order valence-electron chi connectivity index (χ4n) is 3.85. The summed E-state index contributed by atoms with van der Waals surface area (Å²) in [5.41, 5.74) is 3.30. The van der Waals surface area contributed by atoms with E-state index in [-0.39, 0.29) is 0 Å². The van der Waals surface area contributed by atoms with E-state index in [9.17, 15) is 0 Å². The van der Waals surface area contributed by atoms with Crippen LogP contribution in [-0.4, -0.2) is 30.0 Å². The lowest BCUT2D eigenvalue weighted by Crippen LogP contribution is -2.33. The van der Waals surface area contributed by atoms with Crippen LogP contribution in [0.2, 0.25) is 0 Å². The highest BCUT2D eigenvalue weighted by Gasteiger charge is 2.34. The molecule has 3 heteroatoms. The van der Waals surface area contributed by atoms with E-state index in [0.29, 0.717) is 17.9 Å². The maximum Gasteiger partial charge on any atom is 0.0991 e. The van der Waals surface area contributed by atoms with Gasteiger partial charge in [0.2, 0.25) is 0 Å². The largest absolute Gasteiger partial charge is 0.361 e. The zero-order valence-corrected chi connectivity index (χ0v) is 13.1. The van der Waals surface area contributed by atoms with E-state index in [4.69, 9.17) is 5.26 Å². The predicted molar refractivity (Wildman–Crippen MR) is 86.2 cm³/mol. The van der Waals surface area contributed by atoms with Gasteiger partial charge in [0.25, 0.3) is 0 Å². The number of nitrogens with one attached hydrogen (secondary N) is 1. The van der Waals surface area contributed by atoms with Crippen LogP contribution >= 0.6 is 0 Å². The lowest BCUT2D eigenvalue weighted by Gasteiger charge is -2.30. The topological polar surface area (TPSA) is 42.8 Å². The van der Waals surface area contributed by atoms with Crippen molar-refractivity contribution in [3.05, 3.63) is 35.5 Å². The molecule has 2 unspecified atom stereocenters. The van der Waals surface area contributed by atoms with Gasteiger partial charge in [0.05, 0.1) is 11.6 Å². The van der Waals surface area contributed by atoms with Gasteiger partial charge in [-0.05, 0) is 69.5 Å². The van der Waals surface area contributed by atoms with Gasteiger partial charge in [0, 0.05) is 23.1 Å². The van der Waals surface area contributed by atoms with Gasteiger partial charge in [-0.15, -0.1) is 0 Å². The lowest BCUT2D eigenvalue weighted by molar-refractivity contribution is 0.216. The van der Waals surface area contributed by atoms with Crippen LogP contribution < -0.4 is 0 Å². The van der Waals surface area contributed by atoms with Crippen LogP contribution in [-0.2, 0) is 0 Å². The van der Waals surface area contributed by atoms with Gasteiger partial charge in [-0.3, -0.25) is 0 Å². The number of nitrogens with zero attached hydrogens (tertiary/aromatic N) is 2. The molecule has 1 heterocycles. The van der Waals surface area contributed by atoms with E-state index < -0.39 is 0 Å².